The molecule has 1 aromatic heterocycles. The molecule has 0 saturated carbocycles. The van der Waals surface area contributed by atoms with E-state index < -0.39 is 0 Å². The molecule has 0 atom stereocenters. The van der Waals surface area contributed by atoms with Crippen LogP contribution in [0.25, 0.3) is 0 Å². The molecule has 0 fully saturated rings. The van der Waals surface area contributed by atoms with E-state index >= 15 is 0 Å². The average molecular weight is 195 g/mol. The standard InChI is InChI=1S/C8H13N5O/c1-2-11-7(14)4-12-8-6(9)3-10-5-13-8/h3,5H,2,4,9H2,1H3,(H,11,14)(H,10,12,13). The van der Waals surface area contributed by atoms with Crippen molar-refractivity contribution in [2.45, 2.75) is 6.92 Å². The highest BCUT2D eigenvalue weighted by Crippen LogP contribution is 2.10. The van der Waals surface area contributed by atoms with Crippen molar-refractivity contribution in [1.29, 1.82) is 0 Å². The lowest BCUT2D eigenvalue weighted by atomic mass is 10.4. The van der Waals surface area contributed by atoms with Crippen molar-refractivity contribution in [2.75, 3.05) is 24.1 Å². The Balaban J connectivity index is 2.46. The van der Waals surface area contributed by atoms with Gasteiger partial charge in [0.1, 0.15) is 6.33 Å². The second-order valence-electron chi connectivity index (χ2n) is 2.63. The van der Waals surface area contributed by atoms with Crippen LogP contribution in [0.15, 0.2) is 12.5 Å². The molecule has 6 nitrogen and oxygen atoms in total. The molecule has 76 valence electrons. The molecule has 0 aliphatic carbocycles. The summed E-state index contributed by atoms with van der Waals surface area (Å²) in [7, 11) is 0. The molecule has 1 aromatic rings. The van der Waals surface area contributed by atoms with Crippen molar-refractivity contribution in [3.63, 3.8) is 0 Å². The number of carbonyl (C=O) groups excluding carboxylic acids is 1. The van der Waals surface area contributed by atoms with E-state index in [9.17, 15) is 4.79 Å². The minimum absolute atomic E-state index is 0.0921. The van der Waals surface area contributed by atoms with Crippen LogP contribution >= 0.6 is 0 Å². The summed E-state index contributed by atoms with van der Waals surface area (Å²) in [5, 5.41) is 5.46. The summed E-state index contributed by atoms with van der Waals surface area (Å²) in [6.45, 7) is 2.63. The van der Waals surface area contributed by atoms with Gasteiger partial charge in [-0.1, -0.05) is 0 Å². The molecule has 6 heteroatoms. The van der Waals surface area contributed by atoms with Gasteiger partial charge in [-0.3, -0.25) is 4.79 Å². The Morgan fingerprint density at radius 2 is 2.43 bits per heavy atom. The van der Waals surface area contributed by atoms with Gasteiger partial charge in [-0.25, -0.2) is 9.97 Å². The molecule has 0 saturated heterocycles. The zero-order chi connectivity index (χ0) is 10.4. The van der Waals surface area contributed by atoms with E-state index in [0.717, 1.165) is 0 Å². The maximum atomic E-state index is 11.1. The number of hydrogen-bond donors (Lipinski definition) is 3. The van der Waals surface area contributed by atoms with E-state index in [-0.39, 0.29) is 12.5 Å². The molecular weight excluding hydrogens is 182 g/mol. The van der Waals surface area contributed by atoms with Crippen LogP contribution in [0, 0.1) is 0 Å². The van der Waals surface area contributed by atoms with Crippen LogP contribution in [0.2, 0.25) is 0 Å². The largest absolute Gasteiger partial charge is 0.394 e. The van der Waals surface area contributed by atoms with Gasteiger partial charge in [0.2, 0.25) is 5.91 Å². The highest BCUT2D eigenvalue weighted by molar-refractivity contribution is 5.81. The monoisotopic (exact) mass is 195 g/mol. The Hall–Kier alpha value is -1.85. The van der Waals surface area contributed by atoms with Crippen molar-refractivity contribution >= 4 is 17.4 Å². The Labute approximate surface area is 81.9 Å². The molecule has 0 radical (unpaired) electrons. The number of carbonyl (C=O) groups is 1. The molecule has 0 aliphatic rings. The lowest BCUT2D eigenvalue weighted by molar-refractivity contribution is -0.119. The number of nitrogens with two attached hydrogens (primary N) is 1. The Morgan fingerprint density at radius 1 is 1.64 bits per heavy atom. The summed E-state index contributed by atoms with van der Waals surface area (Å²) in [5.41, 5.74) is 5.99. The maximum absolute atomic E-state index is 11.1. The number of aromatic nitrogens is 2. The normalized spacial score (nSPS) is 9.50. The van der Waals surface area contributed by atoms with Gasteiger partial charge in [-0.05, 0) is 6.92 Å². The first kappa shape index (κ1) is 10.2. The summed E-state index contributed by atoms with van der Waals surface area (Å²) in [5.74, 6) is 0.386. The minimum Gasteiger partial charge on any atom is -0.394 e. The number of nitrogens with zero attached hydrogens (tertiary/aromatic N) is 2. The summed E-state index contributed by atoms with van der Waals surface area (Å²) in [4.78, 5) is 18.7. The number of amides is 1. The molecule has 0 bridgehead atoms. The van der Waals surface area contributed by atoms with Gasteiger partial charge >= 0.3 is 0 Å². The van der Waals surface area contributed by atoms with Gasteiger partial charge in [0.15, 0.2) is 5.82 Å². The lowest BCUT2D eigenvalue weighted by Gasteiger charge is -2.06. The molecule has 1 heterocycles. The molecule has 0 spiro atoms. The fourth-order valence-electron chi connectivity index (χ4n) is 0.912. The number of likely N-dealkylation sites (N-methyl/N-ethyl adjacent to an activating group) is 1. The van der Waals surface area contributed by atoms with E-state index in [2.05, 4.69) is 20.6 Å². The topological polar surface area (TPSA) is 92.9 Å². The minimum atomic E-state index is -0.0921. The zero-order valence-electron chi connectivity index (χ0n) is 7.95. The number of nitrogens with one attached hydrogen (secondary N) is 2. The highest BCUT2D eigenvalue weighted by atomic mass is 16.1. The van der Waals surface area contributed by atoms with Gasteiger partial charge in [-0.15, -0.1) is 0 Å². The SMILES string of the molecule is CCNC(=O)CNc1ncncc1N. The predicted molar refractivity (Wildman–Crippen MR) is 53.6 cm³/mol. The van der Waals surface area contributed by atoms with Crippen molar-refractivity contribution in [3.8, 4) is 0 Å². The second kappa shape index (κ2) is 5.00. The Morgan fingerprint density at radius 3 is 3.07 bits per heavy atom. The third-order valence-corrected chi connectivity index (χ3v) is 1.53. The first-order chi connectivity index (χ1) is 6.74. The lowest BCUT2D eigenvalue weighted by Crippen LogP contribution is -2.29. The van der Waals surface area contributed by atoms with Crippen LogP contribution in [-0.4, -0.2) is 29.0 Å². The van der Waals surface area contributed by atoms with Gasteiger partial charge in [-0.2, -0.15) is 0 Å². The predicted octanol–water partition coefficient (Wildman–Crippen LogP) is -0.393. The van der Waals surface area contributed by atoms with E-state index in [0.29, 0.717) is 18.1 Å². The third kappa shape index (κ3) is 2.89. The number of hydrogen-bond acceptors (Lipinski definition) is 5. The summed E-state index contributed by atoms with van der Waals surface area (Å²) in [6.07, 6.45) is 2.85. The fraction of sp³-hybridized carbons (Fsp3) is 0.375. The molecule has 1 amide bonds. The molecule has 1 rings (SSSR count). The van der Waals surface area contributed by atoms with Gasteiger partial charge in [0.05, 0.1) is 18.4 Å². The Kier molecular flexibility index (Phi) is 3.66. The van der Waals surface area contributed by atoms with E-state index in [1.165, 1.54) is 12.5 Å². The summed E-state index contributed by atoms with van der Waals surface area (Å²) >= 11 is 0. The van der Waals surface area contributed by atoms with Crippen LogP contribution in [-0.2, 0) is 4.79 Å². The van der Waals surface area contributed by atoms with Crippen LogP contribution in [0.4, 0.5) is 11.5 Å². The molecule has 4 N–H and O–H groups in total. The van der Waals surface area contributed by atoms with Crippen molar-refractivity contribution in [2.24, 2.45) is 0 Å². The zero-order valence-corrected chi connectivity index (χ0v) is 7.95. The maximum Gasteiger partial charge on any atom is 0.239 e. The van der Waals surface area contributed by atoms with Crippen LogP contribution < -0.4 is 16.4 Å². The average Bonchev–Trinajstić information content (AvgIpc) is 2.17. The molecular formula is C8H13N5O. The van der Waals surface area contributed by atoms with Crippen molar-refractivity contribution in [1.82, 2.24) is 15.3 Å². The van der Waals surface area contributed by atoms with Gasteiger partial charge in [0, 0.05) is 6.54 Å². The summed E-state index contributed by atoms with van der Waals surface area (Å²) in [6, 6.07) is 0. The quantitative estimate of drug-likeness (QED) is 0.608. The number of nitrogen functional groups attached to an aromatic ring is 1. The smallest absolute Gasteiger partial charge is 0.239 e. The van der Waals surface area contributed by atoms with Crippen molar-refractivity contribution < 1.29 is 4.79 Å². The van der Waals surface area contributed by atoms with Gasteiger partial charge in [0.25, 0.3) is 0 Å². The molecule has 14 heavy (non-hydrogen) atoms. The van der Waals surface area contributed by atoms with E-state index in [4.69, 9.17) is 5.73 Å². The fourth-order valence-corrected chi connectivity index (χ4v) is 0.912. The highest BCUT2D eigenvalue weighted by Gasteiger charge is 2.02. The summed E-state index contributed by atoms with van der Waals surface area (Å²) < 4.78 is 0. The van der Waals surface area contributed by atoms with Crippen molar-refractivity contribution in [3.05, 3.63) is 12.5 Å². The molecule has 0 aromatic carbocycles. The first-order valence-corrected chi connectivity index (χ1v) is 4.30. The van der Waals surface area contributed by atoms with Crippen LogP contribution in [0.3, 0.4) is 0 Å². The number of anilines is 2. The van der Waals surface area contributed by atoms with E-state index in [1.807, 2.05) is 6.92 Å². The van der Waals surface area contributed by atoms with Gasteiger partial charge < -0.3 is 16.4 Å². The number of rotatable bonds is 4. The van der Waals surface area contributed by atoms with Crippen LogP contribution in [0.5, 0.6) is 0 Å². The second-order valence-corrected chi connectivity index (χ2v) is 2.63. The molecule has 0 unspecified atom stereocenters. The molecule has 0 aliphatic heterocycles. The van der Waals surface area contributed by atoms with Crippen LogP contribution in [0.1, 0.15) is 6.92 Å². The Bertz CT molecular complexity index is 314. The van der Waals surface area contributed by atoms with E-state index in [1.54, 1.807) is 0 Å². The third-order valence-electron chi connectivity index (χ3n) is 1.53. The first-order valence-electron chi connectivity index (χ1n) is 4.30.